The first-order valence-electron chi connectivity index (χ1n) is 6.72. The van der Waals surface area contributed by atoms with Crippen molar-refractivity contribution < 1.29 is 0 Å². The van der Waals surface area contributed by atoms with Gasteiger partial charge in [-0.2, -0.15) is 0 Å². The van der Waals surface area contributed by atoms with Crippen molar-refractivity contribution >= 4 is 0 Å². The molecule has 0 amide bonds. The summed E-state index contributed by atoms with van der Waals surface area (Å²) < 4.78 is 0. The van der Waals surface area contributed by atoms with Gasteiger partial charge in [-0.05, 0) is 44.1 Å². The fourth-order valence-corrected chi connectivity index (χ4v) is 3.13. The summed E-state index contributed by atoms with van der Waals surface area (Å²) in [7, 11) is 0. The zero-order valence-corrected chi connectivity index (χ0v) is 10.1. The number of piperidine rings is 1. The lowest BCUT2D eigenvalue weighted by molar-refractivity contribution is 0.152. The van der Waals surface area contributed by atoms with E-state index < -0.39 is 0 Å². The Morgan fingerprint density at radius 1 is 1.13 bits per heavy atom. The SMILES string of the molecule is CC1CCC(CN2CCCC(N)C2)CC1. The second kappa shape index (κ2) is 5.31. The van der Waals surface area contributed by atoms with Crippen molar-refractivity contribution in [3.8, 4) is 0 Å². The van der Waals surface area contributed by atoms with E-state index in [1.54, 1.807) is 0 Å². The molecule has 1 aliphatic heterocycles. The molecule has 1 aliphatic carbocycles. The first-order chi connectivity index (χ1) is 7.24. The van der Waals surface area contributed by atoms with E-state index in [2.05, 4.69) is 11.8 Å². The van der Waals surface area contributed by atoms with Crippen LogP contribution >= 0.6 is 0 Å². The van der Waals surface area contributed by atoms with Crippen LogP contribution in [0.5, 0.6) is 0 Å². The second-order valence-corrected chi connectivity index (χ2v) is 5.79. The number of hydrogen-bond donors (Lipinski definition) is 1. The van der Waals surface area contributed by atoms with E-state index in [9.17, 15) is 0 Å². The maximum atomic E-state index is 6.01. The molecule has 2 heteroatoms. The number of rotatable bonds is 2. The molecule has 0 bridgehead atoms. The van der Waals surface area contributed by atoms with Gasteiger partial charge in [0, 0.05) is 19.1 Å². The highest BCUT2D eigenvalue weighted by molar-refractivity contribution is 4.79. The molecule has 2 aliphatic rings. The van der Waals surface area contributed by atoms with Crippen LogP contribution in [0.15, 0.2) is 0 Å². The lowest BCUT2D eigenvalue weighted by atomic mass is 9.82. The normalized spacial score (nSPS) is 39.2. The minimum absolute atomic E-state index is 0.446. The van der Waals surface area contributed by atoms with Gasteiger partial charge >= 0.3 is 0 Å². The topological polar surface area (TPSA) is 29.3 Å². The molecule has 0 spiro atoms. The summed E-state index contributed by atoms with van der Waals surface area (Å²) in [5.74, 6) is 1.94. The molecule has 0 aromatic carbocycles. The molecule has 1 atom stereocenters. The predicted octanol–water partition coefficient (Wildman–Crippen LogP) is 2.24. The summed E-state index contributed by atoms with van der Waals surface area (Å²) in [5, 5.41) is 0. The predicted molar refractivity (Wildman–Crippen MR) is 64.8 cm³/mol. The van der Waals surface area contributed by atoms with Crippen LogP contribution in [-0.4, -0.2) is 30.6 Å². The Kier molecular flexibility index (Phi) is 4.04. The Labute approximate surface area is 94.2 Å². The van der Waals surface area contributed by atoms with Crippen molar-refractivity contribution in [2.75, 3.05) is 19.6 Å². The highest BCUT2D eigenvalue weighted by atomic mass is 15.1. The van der Waals surface area contributed by atoms with Crippen LogP contribution in [0, 0.1) is 11.8 Å². The van der Waals surface area contributed by atoms with Crippen molar-refractivity contribution in [2.45, 2.75) is 51.5 Å². The third kappa shape index (κ3) is 3.46. The fraction of sp³-hybridized carbons (Fsp3) is 1.00. The Bertz CT molecular complexity index is 185. The van der Waals surface area contributed by atoms with Crippen LogP contribution in [0.25, 0.3) is 0 Å². The van der Waals surface area contributed by atoms with Gasteiger partial charge in [0.2, 0.25) is 0 Å². The molecule has 1 heterocycles. The molecular formula is C13H26N2. The fourth-order valence-electron chi connectivity index (χ4n) is 3.13. The van der Waals surface area contributed by atoms with Gasteiger partial charge in [-0.15, -0.1) is 0 Å². The van der Waals surface area contributed by atoms with E-state index in [4.69, 9.17) is 5.73 Å². The molecular weight excluding hydrogens is 184 g/mol. The number of nitrogens with zero attached hydrogens (tertiary/aromatic N) is 1. The van der Waals surface area contributed by atoms with Crippen molar-refractivity contribution in [1.29, 1.82) is 0 Å². The average Bonchev–Trinajstić information content (AvgIpc) is 2.22. The minimum atomic E-state index is 0.446. The maximum Gasteiger partial charge on any atom is 0.0168 e. The largest absolute Gasteiger partial charge is 0.327 e. The number of hydrogen-bond acceptors (Lipinski definition) is 2. The van der Waals surface area contributed by atoms with E-state index in [1.807, 2.05) is 0 Å². The monoisotopic (exact) mass is 210 g/mol. The van der Waals surface area contributed by atoms with Crippen LogP contribution in [0.3, 0.4) is 0 Å². The molecule has 2 fully saturated rings. The molecule has 2 N–H and O–H groups in total. The molecule has 0 radical (unpaired) electrons. The summed E-state index contributed by atoms with van der Waals surface area (Å²) in [4.78, 5) is 2.61. The van der Waals surface area contributed by atoms with Gasteiger partial charge in [-0.3, -0.25) is 0 Å². The van der Waals surface area contributed by atoms with Crippen molar-refractivity contribution in [3.05, 3.63) is 0 Å². The summed E-state index contributed by atoms with van der Waals surface area (Å²) in [6.45, 7) is 6.15. The van der Waals surface area contributed by atoms with Gasteiger partial charge in [-0.1, -0.05) is 19.8 Å². The number of likely N-dealkylation sites (tertiary alicyclic amines) is 1. The molecule has 0 aromatic rings. The van der Waals surface area contributed by atoms with Gasteiger partial charge in [0.05, 0.1) is 0 Å². The Balaban J connectivity index is 1.71. The standard InChI is InChI=1S/C13H26N2/c1-11-4-6-12(7-5-11)9-15-8-2-3-13(14)10-15/h11-13H,2-10,14H2,1H3. The molecule has 2 rings (SSSR count). The molecule has 15 heavy (non-hydrogen) atoms. The van der Waals surface area contributed by atoms with E-state index in [-0.39, 0.29) is 0 Å². The quantitative estimate of drug-likeness (QED) is 0.757. The highest BCUT2D eigenvalue weighted by Crippen LogP contribution is 2.29. The molecule has 88 valence electrons. The average molecular weight is 210 g/mol. The minimum Gasteiger partial charge on any atom is -0.327 e. The zero-order chi connectivity index (χ0) is 10.7. The smallest absolute Gasteiger partial charge is 0.0168 e. The first kappa shape index (κ1) is 11.4. The number of nitrogens with two attached hydrogens (primary N) is 1. The van der Waals surface area contributed by atoms with Gasteiger partial charge in [0.25, 0.3) is 0 Å². The van der Waals surface area contributed by atoms with Crippen molar-refractivity contribution in [1.82, 2.24) is 4.90 Å². The summed E-state index contributed by atoms with van der Waals surface area (Å²) in [6.07, 6.45) is 8.34. The maximum absolute atomic E-state index is 6.01. The van der Waals surface area contributed by atoms with Gasteiger partial charge in [-0.25, -0.2) is 0 Å². The van der Waals surface area contributed by atoms with Crippen LogP contribution in [0.1, 0.15) is 45.4 Å². The molecule has 0 aromatic heterocycles. The van der Waals surface area contributed by atoms with Crippen molar-refractivity contribution in [2.24, 2.45) is 17.6 Å². The van der Waals surface area contributed by atoms with E-state index >= 15 is 0 Å². The van der Waals surface area contributed by atoms with Crippen LogP contribution in [0.2, 0.25) is 0 Å². The second-order valence-electron chi connectivity index (χ2n) is 5.79. The summed E-state index contributed by atoms with van der Waals surface area (Å²) in [5.41, 5.74) is 6.01. The zero-order valence-electron chi connectivity index (χ0n) is 10.1. The van der Waals surface area contributed by atoms with E-state index in [0.29, 0.717) is 6.04 Å². The van der Waals surface area contributed by atoms with E-state index in [1.165, 1.54) is 51.6 Å². The molecule has 1 unspecified atom stereocenters. The van der Waals surface area contributed by atoms with Gasteiger partial charge < -0.3 is 10.6 Å². The van der Waals surface area contributed by atoms with Gasteiger partial charge in [0.15, 0.2) is 0 Å². The summed E-state index contributed by atoms with van der Waals surface area (Å²) in [6, 6.07) is 0.446. The van der Waals surface area contributed by atoms with Crippen LogP contribution in [0.4, 0.5) is 0 Å². The Hall–Kier alpha value is -0.0800. The summed E-state index contributed by atoms with van der Waals surface area (Å²) >= 11 is 0. The van der Waals surface area contributed by atoms with Gasteiger partial charge in [0.1, 0.15) is 0 Å². The van der Waals surface area contributed by atoms with Crippen LogP contribution < -0.4 is 5.73 Å². The Morgan fingerprint density at radius 2 is 1.87 bits per heavy atom. The Morgan fingerprint density at radius 3 is 2.53 bits per heavy atom. The molecule has 2 nitrogen and oxygen atoms in total. The van der Waals surface area contributed by atoms with Crippen molar-refractivity contribution in [3.63, 3.8) is 0 Å². The molecule has 1 saturated heterocycles. The van der Waals surface area contributed by atoms with Crippen LogP contribution in [-0.2, 0) is 0 Å². The lowest BCUT2D eigenvalue weighted by Crippen LogP contribution is -2.44. The third-order valence-electron chi connectivity index (χ3n) is 4.19. The first-order valence-corrected chi connectivity index (χ1v) is 6.72. The lowest BCUT2D eigenvalue weighted by Gasteiger charge is -2.35. The highest BCUT2D eigenvalue weighted by Gasteiger charge is 2.23. The molecule has 1 saturated carbocycles. The third-order valence-corrected chi connectivity index (χ3v) is 4.19. The van der Waals surface area contributed by atoms with E-state index in [0.717, 1.165) is 18.4 Å².